The first-order valence-electron chi connectivity index (χ1n) is 4.02. The Morgan fingerprint density at radius 1 is 1.58 bits per heavy atom. The maximum atomic E-state index is 13.0. The highest BCUT2D eigenvalue weighted by Gasteiger charge is 2.28. The summed E-state index contributed by atoms with van der Waals surface area (Å²) >= 11 is 0. The first kappa shape index (κ1) is 7.61. The predicted octanol–water partition coefficient (Wildman–Crippen LogP) is 0.952. The largest absolute Gasteiger partial charge is 0.324 e. The number of rotatable bonds is 2. The number of hydrogen-bond acceptors (Lipinski definition) is 3. The van der Waals surface area contributed by atoms with E-state index in [1.165, 1.54) is 6.20 Å². The van der Waals surface area contributed by atoms with Crippen molar-refractivity contribution in [2.45, 2.75) is 25.3 Å². The third kappa shape index (κ3) is 1.30. The Kier molecular flexibility index (Phi) is 1.77. The van der Waals surface area contributed by atoms with Gasteiger partial charge in [0.15, 0.2) is 5.82 Å². The van der Waals surface area contributed by atoms with E-state index in [1.807, 2.05) is 0 Å². The number of halogens is 1. The molecule has 1 fully saturated rings. The van der Waals surface area contributed by atoms with Gasteiger partial charge in [-0.1, -0.05) is 0 Å². The van der Waals surface area contributed by atoms with E-state index in [1.54, 1.807) is 0 Å². The Balaban J connectivity index is 2.36. The lowest BCUT2D eigenvalue weighted by molar-refractivity contribution is 0.585. The smallest absolute Gasteiger partial charge is 0.163 e. The van der Waals surface area contributed by atoms with Crippen molar-refractivity contribution in [3.05, 3.63) is 23.5 Å². The second-order valence-corrected chi connectivity index (χ2v) is 3.00. The van der Waals surface area contributed by atoms with Gasteiger partial charge < -0.3 is 5.73 Å². The zero-order chi connectivity index (χ0) is 8.55. The van der Waals surface area contributed by atoms with E-state index in [0.29, 0.717) is 17.4 Å². The van der Waals surface area contributed by atoms with Crippen LogP contribution in [0.1, 0.15) is 30.3 Å². The molecule has 0 atom stereocenters. The molecule has 1 aromatic rings. The molecule has 0 spiro atoms. The molecule has 1 aromatic heterocycles. The molecule has 1 aliphatic rings. The average Bonchev–Trinajstić information content (AvgIpc) is 2.88. The molecule has 0 amide bonds. The zero-order valence-corrected chi connectivity index (χ0v) is 6.63. The predicted molar refractivity (Wildman–Crippen MR) is 41.9 cm³/mol. The SMILES string of the molecule is NCc1ncc(F)c(C2CC2)n1. The van der Waals surface area contributed by atoms with Gasteiger partial charge in [0.25, 0.3) is 0 Å². The molecule has 0 radical (unpaired) electrons. The van der Waals surface area contributed by atoms with Crippen molar-refractivity contribution in [3.8, 4) is 0 Å². The van der Waals surface area contributed by atoms with Crippen LogP contribution in [0, 0.1) is 5.82 Å². The monoisotopic (exact) mass is 167 g/mol. The summed E-state index contributed by atoms with van der Waals surface area (Å²) in [5, 5.41) is 0. The van der Waals surface area contributed by atoms with Crippen LogP contribution in [-0.4, -0.2) is 9.97 Å². The Morgan fingerprint density at radius 3 is 2.92 bits per heavy atom. The van der Waals surface area contributed by atoms with Gasteiger partial charge in [0.05, 0.1) is 18.4 Å². The Morgan fingerprint density at radius 2 is 2.33 bits per heavy atom. The fourth-order valence-corrected chi connectivity index (χ4v) is 1.16. The molecular weight excluding hydrogens is 157 g/mol. The van der Waals surface area contributed by atoms with Crippen LogP contribution in [0.15, 0.2) is 6.20 Å². The van der Waals surface area contributed by atoms with E-state index in [0.717, 1.165) is 12.8 Å². The molecule has 1 heterocycles. The van der Waals surface area contributed by atoms with Gasteiger partial charge in [0.2, 0.25) is 0 Å². The second kappa shape index (κ2) is 2.79. The van der Waals surface area contributed by atoms with Crippen LogP contribution in [0.5, 0.6) is 0 Å². The van der Waals surface area contributed by atoms with Crippen molar-refractivity contribution < 1.29 is 4.39 Å². The normalized spacial score (nSPS) is 16.5. The first-order valence-corrected chi connectivity index (χ1v) is 4.02. The molecule has 1 saturated carbocycles. The molecule has 1 aliphatic carbocycles. The molecule has 0 saturated heterocycles. The second-order valence-electron chi connectivity index (χ2n) is 3.00. The van der Waals surface area contributed by atoms with Gasteiger partial charge in [0, 0.05) is 5.92 Å². The van der Waals surface area contributed by atoms with E-state index in [9.17, 15) is 4.39 Å². The highest BCUT2D eigenvalue weighted by molar-refractivity contribution is 5.16. The van der Waals surface area contributed by atoms with Crippen molar-refractivity contribution in [2.24, 2.45) is 5.73 Å². The minimum absolute atomic E-state index is 0.278. The van der Waals surface area contributed by atoms with Crippen molar-refractivity contribution >= 4 is 0 Å². The van der Waals surface area contributed by atoms with Crippen molar-refractivity contribution in [2.75, 3.05) is 0 Å². The molecule has 4 heteroatoms. The highest BCUT2D eigenvalue weighted by Crippen LogP contribution is 2.39. The van der Waals surface area contributed by atoms with Crippen LogP contribution in [0.25, 0.3) is 0 Å². The van der Waals surface area contributed by atoms with Crippen molar-refractivity contribution in [1.82, 2.24) is 9.97 Å². The van der Waals surface area contributed by atoms with E-state index in [4.69, 9.17) is 5.73 Å². The van der Waals surface area contributed by atoms with E-state index in [-0.39, 0.29) is 12.4 Å². The molecule has 0 bridgehead atoms. The summed E-state index contributed by atoms with van der Waals surface area (Å²) in [7, 11) is 0. The molecular formula is C8H10FN3. The summed E-state index contributed by atoms with van der Waals surface area (Å²) in [5.41, 5.74) is 5.89. The summed E-state index contributed by atoms with van der Waals surface area (Å²) in [5.74, 6) is 0.548. The fraction of sp³-hybridized carbons (Fsp3) is 0.500. The number of nitrogens with two attached hydrogens (primary N) is 1. The first-order chi connectivity index (χ1) is 5.81. The highest BCUT2D eigenvalue weighted by atomic mass is 19.1. The average molecular weight is 167 g/mol. The summed E-state index contributed by atoms with van der Waals surface area (Å²) < 4.78 is 13.0. The minimum atomic E-state index is -0.297. The van der Waals surface area contributed by atoms with Gasteiger partial charge in [-0.15, -0.1) is 0 Å². The molecule has 2 N–H and O–H groups in total. The fourth-order valence-electron chi connectivity index (χ4n) is 1.16. The van der Waals surface area contributed by atoms with Gasteiger partial charge in [-0.05, 0) is 12.8 Å². The maximum Gasteiger partial charge on any atom is 0.163 e. The number of hydrogen-bond donors (Lipinski definition) is 1. The molecule has 0 aromatic carbocycles. The topological polar surface area (TPSA) is 51.8 Å². The van der Waals surface area contributed by atoms with E-state index in [2.05, 4.69) is 9.97 Å². The van der Waals surface area contributed by atoms with Crippen molar-refractivity contribution in [1.29, 1.82) is 0 Å². The lowest BCUT2D eigenvalue weighted by Crippen LogP contribution is -2.06. The summed E-state index contributed by atoms with van der Waals surface area (Å²) in [6.07, 6.45) is 3.29. The molecule has 64 valence electrons. The van der Waals surface area contributed by atoms with E-state index < -0.39 is 0 Å². The Labute approximate surface area is 69.8 Å². The van der Waals surface area contributed by atoms with E-state index >= 15 is 0 Å². The van der Waals surface area contributed by atoms with Gasteiger partial charge in [0.1, 0.15) is 5.82 Å². The van der Waals surface area contributed by atoms with Gasteiger partial charge >= 0.3 is 0 Å². The standard InChI is InChI=1S/C8H10FN3/c9-6-4-11-7(3-10)12-8(6)5-1-2-5/h4-5H,1-3,10H2. The summed E-state index contributed by atoms with van der Waals surface area (Å²) in [6.45, 7) is 0.278. The Bertz CT molecular complexity index is 296. The zero-order valence-electron chi connectivity index (χ0n) is 6.63. The van der Waals surface area contributed by atoms with Gasteiger partial charge in [-0.3, -0.25) is 0 Å². The van der Waals surface area contributed by atoms with Crippen molar-refractivity contribution in [3.63, 3.8) is 0 Å². The van der Waals surface area contributed by atoms with Crippen LogP contribution < -0.4 is 5.73 Å². The molecule has 0 unspecified atom stereocenters. The van der Waals surface area contributed by atoms with Crippen LogP contribution in [0.3, 0.4) is 0 Å². The van der Waals surface area contributed by atoms with Gasteiger partial charge in [-0.2, -0.15) is 0 Å². The third-order valence-corrected chi connectivity index (χ3v) is 1.97. The third-order valence-electron chi connectivity index (χ3n) is 1.97. The maximum absolute atomic E-state index is 13.0. The van der Waals surface area contributed by atoms with Gasteiger partial charge in [-0.25, -0.2) is 14.4 Å². The molecule has 3 nitrogen and oxygen atoms in total. The van der Waals surface area contributed by atoms with Crippen LogP contribution in [0.2, 0.25) is 0 Å². The lowest BCUT2D eigenvalue weighted by Gasteiger charge is -2.00. The quantitative estimate of drug-likeness (QED) is 0.713. The number of nitrogens with zero attached hydrogens (tertiary/aromatic N) is 2. The molecule has 12 heavy (non-hydrogen) atoms. The minimum Gasteiger partial charge on any atom is -0.324 e. The summed E-state index contributed by atoms with van der Waals surface area (Å²) in [4.78, 5) is 7.80. The Hall–Kier alpha value is -1.03. The van der Waals surface area contributed by atoms with Crippen LogP contribution >= 0.6 is 0 Å². The number of aromatic nitrogens is 2. The molecule has 0 aliphatic heterocycles. The van der Waals surface area contributed by atoms with Crippen LogP contribution in [0.4, 0.5) is 4.39 Å². The molecule has 2 rings (SSSR count). The summed E-state index contributed by atoms with van der Waals surface area (Å²) in [6, 6.07) is 0. The lowest BCUT2D eigenvalue weighted by atomic mass is 10.2. The van der Waals surface area contributed by atoms with Crippen LogP contribution in [-0.2, 0) is 6.54 Å².